The number of nitrogens with two attached hydrogens (primary N) is 2. The van der Waals surface area contributed by atoms with Gasteiger partial charge < -0.3 is 27.0 Å². The van der Waals surface area contributed by atoms with Crippen LogP contribution in [0.3, 0.4) is 0 Å². The van der Waals surface area contributed by atoms with Crippen molar-refractivity contribution in [1.82, 2.24) is 0 Å². The van der Waals surface area contributed by atoms with E-state index in [0.717, 1.165) is 0 Å². The number of anilines is 4. The van der Waals surface area contributed by atoms with Crippen molar-refractivity contribution in [1.29, 1.82) is 0 Å². The fourth-order valence-corrected chi connectivity index (χ4v) is 1.51. The Balaban J connectivity index is 2.28. The van der Waals surface area contributed by atoms with E-state index in [-0.39, 0.29) is 17.2 Å². The highest BCUT2D eigenvalue weighted by Crippen LogP contribution is 2.28. The van der Waals surface area contributed by atoms with Gasteiger partial charge >= 0.3 is 0 Å². The first kappa shape index (κ1) is 10.9. The molecule has 7 N–H and O–H groups in total. The minimum Gasteiger partial charge on any atom is -0.508 e. The molecule has 2 aromatic carbocycles. The molecule has 0 amide bonds. The van der Waals surface area contributed by atoms with Crippen molar-refractivity contribution in [3.8, 4) is 11.5 Å². The number of rotatable bonds is 2. The van der Waals surface area contributed by atoms with Crippen molar-refractivity contribution in [2.75, 3.05) is 16.8 Å². The zero-order valence-electron chi connectivity index (χ0n) is 9.01. The van der Waals surface area contributed by atoms with Gasteiger partial charge in [-0.25, -0.2) is 0 Å². The summed E-state index contributed by atoms with van der Waals surface area (Å²) in [6.07, 6.45) is 0. The summed E-state index contributed by atoms with van der Waals surface area (Å²) >= 11 is 0. The molecule has 0 unspecified atom stereocenters. The van der Waals surface area contributed by atoms with E-state index in [4.69, 9.17) is 11.5 Å². The van der Waals surface area contributed by atoms with E-state index in [1.165, 1.54) is 12.1 Å². The summed E-state index contributed by atoms with van der Waals surface area (Å²) < 4.78 is 0. The molecule has 17 heavy (non-hydrogen) atoms. The van der Waals surface area contributed by atoms with E-state index in [1.54, 1.807) is 24.3 Å². The van der Waals surface area contributed by atoms with E-state index in [9.17, 15) is 10.2 Å². The summed E-state index contributed by atoms with van der Waals surface area (Å²) in [5.74, 6) is 0.116. The van der Waals surface area contributed by atoms with E-state index in [2.05, 4.69) is 5.32 Å². The Morgan fingerprint density at radius 2 is 1.65 bits per heavy atom. The van der Waals surface area contributed by atoms with Gasteiger partial charge in [-0.1, -0.05) is 0 Å². The molecule has 0 spiro atoms. The van der Waals surface area contributed by atoms with Crippen LogP contribution in [-0.2, 0) is 0 Å². The van der Waals surface area contributed by atoms with Crippen LogP contribution in [0, 0.1) is 0 Å². The van der Waals surface area contributed by atoms with Gasteiger partial charge in [-0.05, 0) is 24.3 Å². The highest BCUT2D eigenvalue weighted by Gasteiger charge is 2.01. The van der Waals surface area contributed by atoms with Crippen LogP contribution in [0.1, 0.15) is 0 Å². The number of nitrogen functional groups attached to an aromatic ring is 2. The quantitative estimate of drug-likeness (QED) is 0.309. The van der Waals surface area contributed by atoms with Gasteiger partial charge in [0.25, 0.3) is 0 Å². The summed E-state index contributed by atoms with van der Waals surface area (Å²) in [4.78, 5) is 0. The predicted octanol–water partition coefficient (Wildman–Crippen LogP) is 2.01. The van der Waals surface area contributed by atoms with E-state index in [0.29, 0.717) is 17.1 Å². The number of phenols is 2. The van der Waals surface area contributed by atoms with Crippen LogP contribution in [0.2, 0.25) is 0 Å². The zero-order valence-corrected chi connectivity index (χ0v) is 9.01. The molecule has 5 nitrogen and oxygen atoms in total. The molecule has 2 rings (SSSR count). The number of benzene rings is 2. The lowest BCUT2D eigenvalue weighted by atomic mass is 10.2. The van der Waals surface area contributed by atoms with E-state index in [1.807, 2.05) is 0 Å². The Morgan fingerprint density at radius 1 is 0.882 bits per heavy atom. The summed E-state index contributed by atoms with van der Waals surface area (Å²) in [6.45, 7) is 0. The largest absolute Gasteiger partial charge is 0.508 e. The number of hydrogen-bond acceptors (Lipinski definition) is 5. The van der Waals surface area contributed by atoms with Crippen molar-refractivity contribution in [2.24, 2.45) is 0 Å². The van der Waals surface area contributed by atoms with Gasteiger partial charge in [-0.2, -0.15) is 0 Å². The minimum atomic E-state index is 0.0333. The molecule has 0 aliphatic carbocycles. The first-order valence-electron chi connectivity index (χ1n) is 4.99. The van der Waals surface area contributed by atoms with Crippen molar-refractivity contribution < 1.29 is 10.2 Å². The Kier molecular flexibility index (Phi) is 2.66. The molecule has 0 saturated carbocycles. The van der Waals surface area contributed by atoms with Crippen molar-refractivity contribution in [2.45, 2.75) is 0 Å². The number of aromatic hydroxyl groups is 2. The molecule has 2 aromatic rings. The molecule has 0 aliphatic heterocycles. The lowest BCUT2D eigenvalue weighted by Crippen LogP contribution is -1.94. The van der Waals surface area contributed by atoms with Crippen LogP contribution >= 0.6 is 0 Å². The topological polar surface area (TPSA) is 105 Å². The summed E-state index contributed by atoms with van der Waals surface area (Å²) in [5.41, 5.74) is 13.3. The molecule has 0 atom stereocenters. The van der Waals surface area contributed by atoms with Crippen LogP contribution in [0.4, 0.5) is 22.7 Å². The second kappa shape index (κ2) is 4.13. The van der Waals surface area contributed by atoms with Crippen molar-refractivity contribution in [3.05, 3.63) is 36.4 Å². The molecular formula is C12H13N3O2. The van der Waals surface area contributed by atoms with Crippen LogP contribution in [0.25, 0.3) is 0 Å². The van der Waals surface area contributed by atoms with Gasteiger partial charge in [-0.3, -0.25) is 0 Å². The molecule has 88 valence electrons. The van der Waals surface area contributed by atoms with Crippen LogP contribution < -0.4 is 16.8 Å². The highest BCUT2D eigenvalue weighted by molar-refractivity contribution is 5.70. The average molecular weight is 231 g/mol. The second-order valence-corrected chi connectivity index (χ2v) is 3.71. The van der Waals surface area contributed by atoms with E-state index >= 15 is 0 Å². The maximum Gasteiger partial charge on any atom is 0.138 e. The first-order chi connectivity index (χ1) is 8.04. The lowest BCUT2D eigenvalue weighted by Gasteiger charge is -2.09. The standard InChI is InChI=1S/C12H13N3O2/c13-7-3-9(5-10(16)4-7)15-8-1-2-12(17)11(14)6-8/h1-6,15-17H,13-14H2. The van der Waals surface area contributed by atoms with Gasteiger partial charge in [0.15, 0.2) is 0 Å². The van der Waals surface area contributed by atoms with Crippen molar-refractivity contribution >= 4 is 22.7 Å². The van der Waals surface area contributed by atoms with Gasteiger partial charge in [0.05, 0.1) is 5.69 Å². The molecule has 0 radical (unpaired) electrons. The molecule has 0 fully saturated rings. The monoisotopic (exact) mass is 231 g/mol. The van der Waals surface area contributed by atoms with Crippen LogP contribution in [-0.4, -0.2) is 10.2 Å². The Morgan fingerprint density at radius 3 is 2.29 bits per heavy atom. The maximum absolute atomic E-state index is 9.39. The summed E-state index contributed by atoms with van der Waals surface area (Å²) in [6, 6.07) is 9.43. The number of nitrogens with one attached hydrogen (secondary N) is 1. The molecule has 0 aromatic heterocycles. The van der Waals surface area contributed by atoms with E-state index < -0.39 is 0 Å². The third-order valence-corrected chi connectivity index (χ3v) is 2.26. The lowest BCUT2D eigenvalue weighted by molar-refractivity contribution is 0.476. The zero-order chi connectivity index (χ0) is 12.4. The summed E-state index contributed by atoms with van der Waals surface area (Å²) in [7, 11) is 0. The molecule has 0 saturated heterocycles. The molecule has 5 heteroatoms. The highest BCUT2D eigenvalue weighted by atomic mass is 16.3. The molecule has 0 bridgehead atoms. The third kappa shape index (κ3) is 2.52. The Labute approximate surface area is 98.3 Å². The van der Waals surface area contributed by atoms with Gasteiger partial charge in [-0.15, -0.1) is 0 Å². The SMILES string of the molecule is Nc1cc(O)cc(Nc2ccc(O)c(N)c2)c1. The molecule has 0 heterocycles. The first-order valence-corrected chi connectivity index (χ1v) is 4.99. The fourth-order valence-electron chi connectivity index (χ4n) is 1.51. The predicted molar refractivity (Wildman–Crippen MR) is 68.3 cm³/mol. The summed E-state index contributed by atoms with van der Waals surface area (Å²) in [5, 5.41) is 21.7. The number of hydrogen-bond donors (Lipinski definition) is 5. The fraction of sp³-hybridized carbons (Fsp3) is 0. The van der Waals surface area contributed by atoms with Gasteiger partial charge in [0.1, 0.15) is 11.5 Å². The Hall–Kier alpha value is -2.56. The third-order valence-electron chi connectivity index (χ3n) is 2.26. The number of phenolic OH excluding ortho intramolecular Hbond substituents is 2. The van der Waals surface area contributed by atoms with Crippen LogP contribution in [0.15, 0.2) is 36.4 Å². The van der Waals surface area contributed by atoms with Gasteiger partial charge in [0.2, 0.25) is 0 Å². The normalized spacial score (nSPS) is 10.1. The molecular weight excluding hydrogens is 218 g/mol. The maximum atomic E-state index is 9.39. The van der Waals surface area contributed by atoms with Gasteiger partial charge in [0, 0.05) is 29.2 Å². The smallest absolute Gasteiger partial charge is 0.138 e. The minimum absolute atomic E-state index is 0.0333. The average Bonchev–Trinajstić information content (AvgIpc) is 2.22. The molecule has 0 aliphatic rings. The Bertz CT molecular complexity index is 535. The van der Waals surface area contributed by atoms with Crippen molar-refractivity contribution in [3.63, 3.8) is 0 Å². The second-order valence-electron chi connectivity index (χ2n) is 3.71. The van der Waals surface area contributed by atoms with Crippen LogP contribution in [0.5, 0.6) is 11.5 Å².